The molecule has 104 valence electrons. The fourth-order valence-electron chi connectivity index (χ4n) is 5.74. The van der Waals surface area contributed by atoms with Crippen LogP contribution in [0.4, 0.5) is 0 Å². The molecule has 1 saturated heterocycles. The van der Waals surface area contributed by atoms with E-state index in [2.05, 4.69) is 38.0 Å². The molecule has 1 aliphatic heterocycles. The highest BCUT2D eigenvalue weighted by Gasteiger charge is 2.61. The highest BCUT2D eigenvalue weighted by molar-refractivity contribution is 5.13. The topological polar surface area (TPSA) is 15.3 Å². The Labute approximate surface area is 113 Å². The maximum Gasteiger partial charge on any atom is 0.0203 e. The van der Waals surface area contributed by atoms with Crippen LogP contribution in [0, 0.1) is 22.7 Å². The molecule has 1 N–H and O–H groups in total. The van der Waals surface area contributed by atoms with Gasteiger partial charge in [0.2, 0.25) is 0 Å². The monoisotopic (exact) mass is 250 g/mol. The zero-order valence-corrected chi connectivity index (χ0v) is 12.6. The minimum Gasteiger partial charge on any atom is -0.319 e. The summed E-state index contributed by atoms with van der Waals surface area (Å²) in [5.41, 5.74) is 1.16. The summed E-state index contributed by atoms with van der Waals surface area (Å²) >= 11 is 0. The summed E-state index contributed by atoms with van der Waals surface area (Å²) in [4.78, 5) is 2.85. The second-order valence-electron chi connectivity index (χ2n) is 8.02. The van der Waals surface area contributed by atoms with Crippen molar-refractivity contribution in [1.82, 2.24) is 10.2 Å². The average Bonchev–Trinajstić information content (AvgIpc) is 2.90. The van der Waals surface area contributed by atoms with E-state index >= 15 is 0 Å². The third-order valence-corrected chi connectivity index (χ3v) is 6.37. The minimum atomic E-state index is 0.543. The lowest BCUT2D eigenvalue weighted by Crippen LogP contribution is -2.51. The summed E-state index contributed by atoms with van der Waals surface area (Å²) in [6.07, 6.45) is 5.83. The minimum absolute atomic E-state index is 0.543. The van der Waals surface area contributed by atoms with E-state index in [9.17, 15) is 0 Å². The van der Waals surface area contributed by atoms with E-state index in [0.29, 0.717) is 10.8 Å². The molecule has 2 saturated carbocycles. The molecule has 0 aromatic heterocycles. The van der Waals surface area contributed by atoms with E-state index in [-0.39, 0.29) is 0 Å². The van der Waals surface area contributed by atoms with Gasteiger partial charge in [0, 0.05) is 12.6 Å². The van der Waals surface area contributed by atoms with Gasteiger partial charge < -0.3 is 5.32 Å². The van der Waals surface area contributed by atoms with Crippen LogP contribution in [0.1, 0.15) is 46.5 Å². The molecule has 3 fully saturated rings. The number of hydrogen-bond acceptors (Lipinski definition) is 2. The average molecular weight is 250 g/mol. The van der Waals surface area contributed by atoms with Crippen LogP contribution in [0.2, 0.25) is 0 Å². The number of hydrogen-bond donors (Lipinski definition) is 1. The van der Waals surface area contributed by atoms with Gasteiger partial charge >= 0.3 is 0 Å². The second kappa shape index (κ2) is 4.21. The fourth-order valence-corrected chi connectivity index (χ4v) is 5.74. The molecule has 18 heavy (non-hydrogen) atoms. The number of nitrogens with zero attached hydrogens (tertiary/aromatic N) is 1. The molecule has 0 amide bonds. The van der Waals surface area contributed by atoms with Gasteiger partial charge in [-0.05, 0) is 68.5 Å². The second-order valence-corrected chi connectivity index (χ2v) is 8.02. The van der Waals surface area contributed by atoms with Gasteiger partial charge in [-0.2, -0.15) is 0 Å². The van der Waals surface area contributed by atoms with Crippen LogP contribution in [0.3, 0.4) is 0 Å². The first-order valence-electron chi connectivity index (χ1n) is 7.86. The number of fused-ring (bicyclic) bond motifs is 2. The summed E-state index contributed by atoms with van der Waals surface area (Å²) in [5, 5.41) is 3.36. The van der Waals surface area contributed by atoms with Gasteiger partial charge in [-0.3, -0.25) is 4.90 Å². The predicted molar refractivity (Wildman–Crippen MR) is 76.6 cm³/mol. The maximum atomic E-state index is 3.36. The Morgan fingerprint density at radius 3 is 2.61 bits per heavy atom. The van der Waals surface area contributed by atoms with Crippen molar-refractivity contribution >= 4 is 0 Å². The lowest BCUT2D eigenvalue weighted by atomic mass is 9.68. The van der Waals surface area contributed by atoms with Gasteiger partial charge in [0.05, 0.1) is 0 Å². The van der Waals surface area contributed by atoms with Crippen molar-refractivity contribution in [3.63, 3.8) is 0 Å². The summed E-state index contributed by atoms with van der Waals surface area (Å²) < 4.78 is 0. The number of likely N-dealkylation sites (tertiary alicyclic amines) is 1. The van der Waals surface area contributed by atoms with Crippen molar-refractivity contribution in [2.24, 2.45) is 22.7 Å². The Hall–Kier alpha value is -0.0800. The highest BCUT2D eigenvalue weighted by atomic mass is 15.2. The summed E-state index contributed by atoms with van der Waals surface area (Å²) in [6.45, 7) is 11.5. The molecule has 0 spiro atoms. The van der Waals surface area contributed by atoms with Crippen molar-refractivity contribution < 1.29 is 0 Å². The van der Waals surface area contributed by atoms with Gasteiger partial charge in [0.15, 0.2) is 0 Å². The summed E-state index contributed by atoms with van der Waals surface area (Å²) in [6, 6.07) is 0.839. The zero-order chi connectivity index (χ0) is 13.0. The van der Waals surface area contributed by atoms with Crippen molar-refractivity contribution in [2.75, 3.05) is 26.7 Å². The number of rotatable bonds is 3. The lowest BCUT2D eigenvalue weighted by Gasteiger charge is -2.48. The third kappa shape index (κ3) is 1.76. The fraction of sp³-hybridized carbons (Fsp3) is 1.00. The van der Waals surface area contributed by atoms with Crippen LogP contribution in [0.5, 0.6) is 0 Å². The lowest BCUT2D eigenvalue weighted by molar-refractivity contribution is 0.0159. The van der Waals surface area contributed by atoms with Crippen LogP contribution in [0.15, 0.2) is 0 Å². The van der Waals surface area contributed by atoms with Crippen LogP contribution in [-0.4, -0.2) is 37.6 Å². The van der Waals surface area contributed by atoms with E-state index < -0.39 is 0 Å². The highest BCUT2D eigenvalue weighted by Crippen LogP contribution is 2.64. The molecule has 2 bridgehead atoms. The first-order chi connectivity index (χ1) is 8.47. The molecule has 4 unspecified atom stereocenters. The van der Waals surface area contributed by atoms with Crippen LogP contribution >= 0.6 is 0 Å². The molecule has 1 heterocycles. The van der Waals surface area contributed by atoms with Gasteiger partial charge in [-0.25, -0.2) is 0 Å². The van der Waals surface area contributed by atoms with E-state index in [4.69, 9.17) is 0 Å². The standard InChI is InChI=1S/C16H30N2/c1-15(2)13-5-7-16(3,9-13)14(15)18-8-6-12(11-18)10-17-4/h12-14,17H,5-11H2,1-4H3. The van der Waals surface area contributed by atoms with Gasteiger partial charge in [-0.1, -0.05) is 20.8 Å². The SMILES string of the molecule is CNCC1CCN(C2C3(C)CCC(C3)C2(C)C)C1. The Kier molecular flexibility index (Phi) is 3.02. The van der Waals surface area contributed by atoms with E-state index in [1.54, 1.807) is 0 Å². The smallest absolute Gasteiger partial charge is 0.0203 e. The van der Waals surface area contributed by atoms with Crippen molar-refractivity contribution in [3.8, 4) is 0 Å². The first kappa shape index (κ1) is 12.9. The van der Waals surface area contributed by atoms with Gasteiger partial charge in [0.1, 0.15) is 0 Å². The molecular weight excluding hydrogens is 220 g/mol. The van der Waals surface area contributed by atoms with E-state index in [1.807, 2.05) is 0 Å². The molecule has 2 heteroatoms. The van der Waals surface area contributed by atoms with Crippen molar-refractivity contribution in [3.05, 3.63) is 0 Å². The van der Waals surface area contributed by atoms with Gasteiger partial charge in [-0.15, -0.1) is 0 Å². The number of nitrogens with one attached hydrogen (secondary N) is 1. The largest absolute Gasteiger partial charge is 0.319 e. The molecule has 3 aliphatic rings. The summed E-state index contributed by atoms with van der Waals surface area (Å²) in [5.74, 6) is 1.87. The van der Waals surface area contributed by atoms with Crippen LogP contribution < -0.4 is 5.32 Å². The molecule has 2 nitrogen and oxygen atoms in total. The Balaban J connectivity index is 1.76. The maximum absolute atomic E-state index is 3.36. The first-order valence-corrected chi connectivity index (χ1v) is 7.86. The third-order valence-electron chi connectivity index (χ3n) is 6.37. The van der Waals surface area contributed by atoms with Crippen molar-refractivity contribution in [2.45, 2.75) is 52.5 Å². The molecule has 0 aromatic rings. The molecule has 2 aliphatic carbocycles. The Morgan fingerprint density at radius 1 is 1.22 bits per heavy atom. The van der Waals surface area contributed by atoms with Crippen LogP contribution in [0.25, 0.3) is 0 Å². The molecule has 0 aromatic carbocycles. The quantitative estimate of drug-likeness (QED) is 0.828. The summed E-state index contributed by atoms with van der Waals surface area (Å²) in [7, 11) is 2.09. The van der Waals surface area contributed by atoms with Crippen molar-refractivity contribution in [1.29, 1.82) is 0 Å². The molecule has 0 radical (unpaired) electrons. The molecule has 4 atom stereocenters. The Morgan fingerprint density at radius 2 is 2.00 bits per heavy atom. The molecular formula is C16H30N2. The Bertz CT molecular complexity index is 320. The molecule has 3 rings (SSSR count). The predicted octanol–water partition coefficient (Wildman–Crippen LogP) is 2.74. The van der Waals surface area contributed by atoms with Gasteiger partial charge in [0.25, 0.3) is 0 Å². The van der Waals surface area contributed by atoms with E-state index in [1.165, 1.54) is 45.3 Å². The zero-order valence-electron chi connectivity index (χ0n) is 12.6. The normalized spacial score (nSPS) is 47.0. The van der Waals surface area contributed by atoms with Crippen LogP contribution in [-0.2, 0) is 0 Å². The van der Waals surface area contributed by atoms with E-state index in [0.717, 1.165) is 17.9 Å².